The van der Waals surface area contributed by atoms with E-state index in [1.807, 2.05) is 0 Å². The van der Waals surface area contributed by atoms with Crippen LogP contribution in [-0.4, -0.2) is 5.16 Å². The zero-order valence-electron chi connectivity index (χ0n) is 6.20. The van der Waals surface area contributed by atoms with Crippen molar-refractivity contribution in [1.82, 2.24) is 5.16 Å². The Hall–Kier alpha value is -1.29. The first-order chi connectivity index (χ1) is 5.93. The van der Waals surface area contributed by atoms with Crippen LogP contribution in [0.3, 0.4) is 0 Å². The number of anilines is 2. The van der Waals surface area contributed by atoms with Crippen LogP contribution >= 0.6 is 11.3 Å². The Morgan fingerprint density at radius 1 is 1.50 bits per heavy atom. The lowest BCUT2D eigenvalue weighted by molar-refractivity contribution is 0.390. The number of nitrogens with one attached hydrogen (secondary N) is 1. The van der Waals surface area contributed by atoms with E-state index in [9.17, 15) is 0 Å². The lowest BCUT2D eigenvalue weighted by Crippen LogP contribution is -2.00. The van der Waals surface area contributed by atoms with E-state index >= 15 is 0 Å². The van der Waals surface area contributed by atoms with Crippen LogP contribution in [0.15, 0.2) is 22.2 Å². The van der Waals surface area contributed by atoms with E-state index in [0.29, 0.717) is 0 Å². The summed E-state index contributed by atoms with van der Waals surface area (Å²) in [7, 11) is 0. The van der Waals surface area contributed by atoms with Gasteiger partial charge in [-0.1, -0.05) is 5.16 Å². The average Bonchev–Trinajstić information content (AvgIpc) is 2.64. The molecule has 3 rings (SSSR count). The molecule has 0 saturated heterocycles. The quantitative estimate of drug-likeness (QED) is 0.574. The molecule has 60 valence electrons. The summed E-state index contributed by atoms with van der Waals surface area (Å²) in [5.74, 6) is 0.935. The fourth-order valence-electron chi connectivity index (χ4n) is 1.37. The molecule has 0 atom stereocenters. The van der Waals surface area contributed by atoms with Crippen LogP contribution in [0, 0.1) is 0 Å². The Morgan fingerprint density at radius 2 is 2.50 bits per heavy atom. The predicted octanol–water partition coefficient (Wildman–Crippen LogP) is 2.38. The van der Waals surface area contributed by atoms with Crippen molar-refractivity contribution in [2.24, 2.45) is 0 Å². The summed E-state index contributed by atoms with van der Waals surface area (Å²) in [5, 5.41) is 9.07. The van der Waals surface area contributed by atoms with Gasteiger partial charge in [-0.2, -0.15) is 0 Å². The number of hydrogen-bond donors (Lipinski definition) is 1. The summed E-state index contributed by atoms with van der Waals surface area (Å²) < 4.78 is 5.08. The van der Waals surface area contributed by atoms with Gasteiger partial charge in [-0.25, -0.2) is 0 Å². The van der Waals surface area contributed by atoms with Crippen LogP contribution < -0.4 is 5.32 Å². The van der Waals surface area contributed by atoms with E-state index in [1.54, 1.807) is 17.5 Å². The Balaban J connectivity index is 2.15. The number of nitrogens with zero attached hydrogens (tertiary/aromatic N) is 1. The van der Waals surface area contributed by atoms with Crippen LogP contribution in [0.25, 0.3) is 0 Å². The molecule has 2 aromatic heterocycles. The number of fused-ring (bicyclic) bond motifs is 2. The summed E-state index contributed by atoms with van der Waals surface area (Å²) in [4.78, 5) is 1.32. The molecule has 1 aliphatic rings. The largest absolute Gasteiger partial charge is 0.359 e. The van der Waals surface area contributed by atoms with Crippen molar-refractivity contribution in [2.45, 2.75) is 6.42 Å². The second-order valence-corrected chi connectivity index (χ2v) is 3.72. The average molecular weight is 178 g/mol. The molecule has 0 bridgehead atoms. The predicted molar refractivity (Wildman–Crippen MR) is 46.9 cm³/mol. The summed E-state index contributed by atoms with van der Waals surface area (Å²) in [6.45, 7) is 0. The SMILES string of the molecule is c1cc2c(s1)Cc1oncc1N2. The van der Waals surface area contributed by atoms with E-state index in [1.165, 1.54) is 10.6 Å². The smallest absolute Gasteiger partial charge is 0.165 e. The van der Waals surface area contributed by atoms with Gasteiger partial charge >= 0.3 is 0 Å². The van der Waals surface area contributed by atoms with Crippen molar-refractivity contribution in [3.05, 3.63) is 28.3 Å². The van der Waals surface area contributed by atoms with Crippen LogP contribution in [-0.2, 0) is 6.42 Å². The molecule has 0 fully saturated rings. The van der Waals surface area contributed by atoms with Gasteiger partial charge in [-0.05, 0) is 11.4 Å². The van der Waals surface area contributed by atoms with Gasteiger partial charge in [-0.15, -0.1) is 11.3 Å². The summed E-state index contributed by atoms with van der Waals surface area (Å²) >= 11 is 1.74. The number of rotatable bonds is 0. The summed E-state index contributed by atoms with van der Waals surface area (Å²) in [6.07, 6.45) is 2.59. The molecule has 0 unspecified atom stereocenters. The van der Waals surface area contributed by atoms with Gasteiger partial charge in [0.25, 0.3) is 0 Å². The first-order valence-corrected chi connectivity index (χ1v) is 4.58. The molecule has 0 aliphatic carbocycles. The van der Waals surface area contributed by atoms with E-state index < -0.39 is 0 Å². The van der Waals surface area contributed by atoms with Crippen molar-refractivity contribution in [2.75, 3.05) is 5.32 Å². The molecule has 4 heteroatoms. The number of aromatic nitrogens is 1. The maximum Gasteiger partial charge on any atom is 0.165 e. The first kappa shape index (κ1) is 6.25. The van der Waals surface area contributed by atoms with Crippen molar-refractivity contribution in [1.29, 1.82) is 0 Å². The highest BCUT2D eigenvalue weighted by Crippen LogP contribution is 2.35. The van der Waals surface area contributed by atoms with Crippen molar-refractivity contribution in [3.63, 3.8) is 0 Å². The normalized spacial score (nSPS) is 13.3. The van der Waals surface area contributed by atoms with Crippen LogP contribution in [0.2, 0.25) is 0 Å². The highest BCUT2D eigenvalue weighted by molar-refractivity contribution is 7.10. The number of hydrogen-bond acceptors (Lipinski definition) is 4. The van der Waals surface area contributed by atoms with Crippen LogP contribution in [0.4, 0.5) is 11.4 Å². The second kappa shape index (κ2) is 2.10. The van der Waals surface area contributed by atoms with E-state index in [-0.39, 0.29) is 0 Å². The fourth-order valence-corrected chi connectivity index (χ4v) is 2.20. The molecule has 3 heterocycles. The van der Waals surface area contributed by atoms with Gasteiger partial charge in [0, 0.05) is 11.3 Å². The third kappa shape index (κ3) is 0.726. The first-order valence-electron chi connectivity index (χ1n) is 3.70. The van der Waals surface area contributed by atoms with Gasteiger partial charge < -0.3 is 9.84 Å². The van der Waals surface area contributed by atoms with Gasteiger partial charge in [-0.3, -0.25) is 0 Å². The lowest BCUT2D eigenvalue weighted by Gasteiger charge is -2.10. The highest BCUT2D eigenvalue weighted by Gasteiger charge is 2.18. The van der Waals surface area contributed by atoms with Gasteiger partial charge in [0.05, 0.1) is 11.9 Å². The molecule has 0 spiro atoms. The zero-order chi connectivity index (χ0) is 7.97. The summed E-state index contributed by atoms with van der Waals surface area (Å²) in [6, 6.07) is 2.08. The molecule has 0 radical (unpaired) electrons. The maximum absolute atomic E-state index is 5.08. The van der Waals surface area contributed by atoms with E-state index in [0.717, 1.165) is 17.9 Å². The van der Waals surface area contributed by atoms with Crippen LogP contribution in [0.5, 0.6) is 0 Å². The summed E-state index contributed by atoms with van der Waals surface area (Å²) in [5.41, 5.74) is 2.19. The van der Waals surface area contributed by atoms with E-state index in [4.69, 9.17) is 4.52 Å². The molecular weight excluding hydrogens is 172 g/mol. The molecular formula is C8H6N2OS. The minimum atomic E-state index is 0.870. The Morgan fingerprint density at radius 3 is 3.50 bits per heavy atom. The standard InChI is InChI=1S/C8H6N2OS/c1-2-12-8-3-7-6(4-9-11-7)10-5(1)8/h1-2,4,10H,3H2. The van der Waals surface area contributed by atoms with Gasteiger partial charge in [0.1, 0.15) is 5.69 Å². The molecule has 0 aromatic carbocycles. The maximum atomic E-state index is 5.08. The molecule has 3 nitrogen and oxygen atoms in total. The molecule has 2 aromatic rings. The molecule has 12 heavy (non-hydrogen) atoms. The molecule has 1 aliphatic heterocycles. The van der Waals surface area contributed by atoms with Gasteiger partial charge in [0.2, 0.25) is 0 Å². The minimum absolute atomic E-state index is 0.870. The zero-order valence-corrected chi connectivity index (χ0v) is 7.02. The third-order valence-corrected chi connectivity index (χ3v) is 2.90. The minimum Gasteiger partial charge on any atom is -0.359 e. The Labute approximate surface area is 73.0 Å². The van der Waals surface area contributed by atoms with Crippen molar-refractivity contribution in [3.8, 4) is 0 Å². The molecule has 1 N–H and O–H groups in total. The fraction of sp³-hybridized carbons (Fsp3) is 0.125. The lowest BCUT2D eigenvalue weighted by atomic mass is 10.2. The topological polar surface area (TPSA) is 38.1 Å². The third-order valence-electron chi connectivity index (χ3n) is 1.98. The van der Waals surface area contributed by atoms with Crippen molar-refractivity contribution < 1.29 is 4.52 Å². The monoisotopic (exact) mass is 178 g/mol. The van der Waals surface area contributed by atoms with E-state index in [2.05, 4.69) is 21.9 Å². The Kier molecular flexibility index (Phi) is 1.10. The van der Waals surface area contributed by atoms with Crippen molar-refractivity contribution >= 4 is 22.7 Å². The number of thiophene rings is 1. The van der Waals surface area contributed by atoms with Crippen LogP contribution in [0.1, 0.15) is 10.6 Å². The Bertz CT molecular complexity index is 345. The molecule has 0 amide bonds. The highest BCUT2D eigenvalue weighted by atomic mass is 32.1. The second-order valence-electron chi connectivity index (χ2n) is 2.72. The van der Waals surface area contributed by atoms with Gasteiger partial charge in [0.15, 0.2) is 5.76 Å². The molecule has 0 saturated carbocycles.